The highest BCUT2D eigenvalue weighted by Crippen LogP contribution is 2.22. The van der Waals surface area contributed by atoms with E-state index >= 15 is 0 Å². The summed E-state index contributed by atoms with van der Waals surface area (Å²) in [7, 11) is 1.75. The van der Waals surface area contributed by atoms with Crippen LogP contribution in [0.3, 0.4) is 0 Å². The molecule has 0 saturated heterocycles. The molecule has 0 aliphatic heterocycles. The number of hydrogen-bond donors (Lipinski definition) is 0. The van der Waals surface area contributed by atoms with Crippen molar-refractivity contribution >= 4 is 11.2 Å². The van der Waals surface area contributed by atoms with Gasteiger partial charge in [-0.2, -0.15) is 4.18 Å². The zero-order valence-electron chi connectivity index (χ0n) is 8.59. The van der Waals surface area contributed by atoms with Crippen LogP contribution >= 0.6 is 0 Å². The van der Waals surface area contributed by atoms with E-state index in [0.717, 1.165) is 0 Å². The molecular weight excluding hydrogens is 204 g/mol. The van der Waals surface area contributed by atoms with Crippen LogP contribution in [-0.2, 0) is 15.4 Å². The van der Waals surface area contributed by atoms with E-state index in [9.17, 15) is 0 Å². The molecule has 0 aliphatic rings. The summed E-state index contributed by atoms with van der Waals surface area (Å²) in [5.74, 6) is 0. The molecule has 0 aromatic heterocycles. The molecule has 2 rings (SSSR count). The first-order chi connectivity index (χ1) is 7.42. The first kappa shape index (κ1) is 10.3. The summed E-state index contributed by atoms with van der Waals surface area (Å²) >= 11 is -0.258. The van der Waals surface area contributed by atoms with Crippen LogP contribution in [-0.4, -0.2) is 7.11 Å². The van der Waals surface area contributed by atoms with Gasteiger partial charge in [0, 0.05) is 0 Å². The molecule has 2 aromatic carbocycles. The topological polar surface area (TPSA) is 9.23 Å². The first-order valence-electron chi connectivity index (χ1n) is 4.80. The largest absolute Gasteiger partial charge is 0.222 e. The third-order valence-corrected chi connectivity index (χ3v) is 3.82. The average molecular weight is 217 g/mol. The van der Waals surface area contributed by atoms with Crippen molar-refractivity contribution in [2.24, 2.45) is 0 Å². The summed E-state index contributed by atoms with van der Waals surface area (Å²) in [5.41, 5.74) is 0. The fourth-order valence-electron chi connectivity index (χ4n) is 1.42. The molecule has 0 spiro atoms. The Labute approximate surface area is 93.3 Å². The maximum atomic E-state index is 5.55. The predicted molar refractivity (Wildman–Crippen MR) is 63.8 cm³/mol. The third-order valence-electron chi connectivity index (χ3n) is 2.08. The highest BCUT2D eigenvalue weighted by molar-refractivity contribution is 7.92. The van der Waals surface area contributed by atoms with Gasteiger partial charge in [-0.05, 0) is 24.3 Å². The first-order valence-corrected chi connectivity index (χ1v) is 5.95. The lowest BCUT2D eigenvalue weighted by Crippen LogP contribution is -2.04. The van der Waals surface area contributed by atoms with Gasteiger partial charge in [0.25, 0.3) is 0 Å². The Morgan fingerprint density at radius 3 is 1.47 bits per heavy atom. The average Bonchev–Trinajstić information content (AvgIpc) is 2.33. The fourth-order valence-corrected chi connectivity index (χ4v) is 2.88. The number of hydrogen-bond acceptors (Lipinski definition) is 1. The van der Waals surface area contributed by atoms with Crippen LogP contribution in [0.15, 0.2) is 70.5 Å². The zero-order chi connectivity index (χ0) is 10.5. The fraction of sp³-hybridized carbons (Fsp3) is 0.0769. The van der Waals surface area contributed by atoms with E-state index in [1.165, 1.54) is 9.79 Å². The van der Waals surface area contributed by atoms with Crippen LogP contribution in [0.5, 0.6) is 0 Å². The van der Waals surface area contributed by atoms with E-state index in [1.54, 1.807) is 7.11 Å². The van der Waals surface area contributed by atoms with Crippen molar-refractivity contribution in [2.75, 3.05) is 7.11 Å². The Bertz CT molecular complexity index is 360. The van der Waals surface area contributed by atoms with E-state index in [0.29, 0.717) is 0 Å². The van der Waals surface area contributed by atoms with Crippen LogP contribution in [0.1, 0.15) is 0 Å². The van der Waals surface area contributed by atoms with Crippen molar-refractivity contribution < 1.29 is 4.18 Å². The molecule has 0 unspecified atom stereocenters. The van der Waals surface area contributed by atoms with Crippen molar-refractivity contribution in [2.45, 2.75) is 9.79 Å². The molecule has 0 saturated carbocycles. The molecule has 2 aromatic rings. The van der Waals surface area contributed by atoms with Crippen LogP contribution in [0.2, 0.25) is 0 Å². The third kappa shape index (κ3) is 2.41. The highest BCUT2D eigenvalue weighted by Gasteiger charge is 2.25. The quantitative estimate of drug-likeness (QED) is 0.717. The molecule has 0 bridgehead atoms. The normalized spacial score (nSPS) is 10.5. The minimum absolute atomic E-state index is 0.258. The second-order valence-electron chi connectivity index (χ2n) is 3.06. The smallest absolute Gasteiger partial charge is 0.165 e. The van der Waals surface area contributed by atoms with Crippen molar-refractivity contribution in [1.82, 2.24) is 0 Å². The highest BCUT2D eigenvalue weighted by atomic mass is 32.2. The van der Waals surface area contributed by atoms with Crippen LogP contribution < -0.4 is 0 Å². The standard InChI is InChI=1S/C13H13OS/c1-14-15(12-8-4-2-5-9-12)13-10-6-3-7-11-13/h2-11H,1H3/q+1. The zero-order valence-corrected chi connectivity index (χ0v) is 9.41. The van der Waals surface area contributed by atoms with Gasteiger partial charge in [-0.15, -0.1) is 0 Å². The maximum absolute atomic E-state index is 5.55. The van der Waals surface area contributed by atoms with Gasteiger partial charge in [0.15, 0.2) is 9.79 Å². The summed E-state index contributed by atoms with van der Waals surface area (Å²) in [6.45, 7) is 0. The van der Waals surface area contributed by atoms with E-state index in [4.69, 9.17) is 4.18 Å². The van der Waals surface area contributed by atoms with Crippen LogP contribution in [0, 0.1) is 0 Å². The van der Waals surface area contributed by atoms with Crippen molar-refractivity contribution in [3.8, 4) is 0 Å². The summed E-state index contributed by atoms with van der Waals surface area (Å²) in [4.78, 5) is 2.43. The van der Waals surface area contributed by atoms with Crippen molar-refractivity contribution in [1.29, 1.82) is 0 Å². The molecule has 0 aliphatic carbocycles. The Balaban J connectivity index is 2.34. The Morgan fingerprint density at radius 2 is 1.13 bits per heavy atom. The minimum Gasteiger partial charge on any atom is -0.165 e. The summed E-state index contributed by atoms with van der Waals surface area (Å²) in [5, 5.41) is 0. The van der Waals surface area contributed by atoms with Gasteiger partial charge in [0.1, 0.15) is 0 Å². The molecule has 1 nitrogen and oxygen atoms in total. The molecule has 0 amide bonds. The Hall–Kier alpha value is -1.25. The minimum atomic E-state index is -0.258. The molecule has 0 N–H and O–H groups in total. The van der Waals surface area contributed by atoms with E-state index in [2.05, 4.69) is 24.3 Å². The lowest BCUT2D eigenvalue weighted by Gasteiger charge is -2.02. The van der Waals surface area contributed by atoms with Gasteiger partial charge in [-0.25, -0.2) is 0 Å². The summed E-state index contributed by atoms with van der Waals surface area (Å²) in [6.07, 6.45) is 0. The van der Waals surface area contributed by atoms with Gasteiger partial charge in [-0.1, -0.05) is 36.4 Å². The summed E-state index contributed by atoms with van der Waals surface area (Å²) < 4.78 is 5.55. The Kier molecular flexibility index (Phi) is 3.43. The van der Waals surface area contributed by atoms with E-state index in [-0.39, 0.29) is 11.2 Å². The van der Waals surface area contributed by atoms with Crippen LogP contribution in [0.25, 0.3) is 0 Å². The van der Waals surface area contributed by atoms with Gasteiger partial charge in [0.05, 0.1) is 7.11 Å². The van der Waals surface area contributed by atoms with Gasteiger partial charge in [-0.3, -0.25) is 0 Å². The Morgan fingerprint density at radius 1 is 0.733 bits per heavy atom. The van der Waals surface area contributed by atoms with Crippen molar-refractivity contribution in [3.05, 3.63) is 60.7 Å². The van der Waals surface area contributed by atoms with Gasteiger partial charge < -0.3 is 0 Å². The SMILES string of the molecule is CO[S+](c1ccccc1)c1ccccc1. The maximum Gasteiger partial charge on any atom is 0.222 e. The lowest BCUT2D eigenvalue weighted by atomic mass is 10.4. The lowest BCUT2D eigenvalue weighted by molar-refractivity contribution is 0.472. The predicted octanol–water partition coefficient (Wildman–Crippen LogP) is 3.28. The molecule has 76 valence electrons. The monoisotopic (exact) mass is 217 g/mol. The second kappa shape index (κ2) is 5.01. The molecule has 0 fully saturated rings. The molecule has 0 radical (unpaired) electrons. The summed E-state index contributed by atoms with van der Waals surface area (Å²) in [6, 6.07) is 20.6. The van der Waals surface area contributed by atoms with Crippen LogP contribution in [0.4, 0.5) is 0 Å². The second-order valence-corrected chi connectivity index (χ2v) is 4.88. The van der Waals surface area contributed by atoms with E-state index < -0.39 is 0 Å². The molecule has 0 heterocycles. The van der Waals surface area contributed by atoms with E-state index in [1.807, 2.05) is 36.4 Å². The number of rotatable bonds is 3. The van der Waals surface area contributed by atoms with Gasteiger partial charge >= 0.3 is 0 Å². The molecular formula is C13H13OS+. The van der Waals surface area contributed by atoms with Crippen molar-refractivity contribution in [3.63, 3.8) is 0 Å². The molecule has 15 heavy (non-hydrogen) atoms. The molecule has 2 heteroatoms. The van der Waals surface area contributed by atoms with Gasteiger partial charge in [0.2, 0.25) is 11.2 Å². The number of benzene rings is 2. The molecule has 0 atom stereocenters.